The van der Waals surface area contributed by atoms with Crippen LogP contribution in [-0.4, -0.2) is 59.1 Å². The van der Waals surface area contributed by atoms with Gasteiger partial charge in [0.2, 0.25) is 0 Å². The standard InChI is InChI=1S/C19H33NO6/c1-5-24-17(22)13-8-10-14(11-9-13)26-20-12-6-7-15(20)16(21)18(23)25-19(2,3)4/h13-16,21H,5-12H2,1-4H3. The molecule has 26 heavy (non-hydrogen) atoms. The minimum absolute atomic E-state index is 0.00659. The molecule has 1 heterocycles. The Morgan fingerprint density at radius 2 is 1.81 bits per heavy atom. The van der Waals surface area contributed by atoms with Crippen molar-refractivity contribution in [3.05, 3.63) is 0 Å². The average Bonchev–Trinajstić information content (AvgIpc) is 3.01. The molecule has 2 fully saturated rings. The van der Waals surface area contributed by atoms with E-state index in [2.05, 4.69) is 0 Å². The Hall–Kier alpha value is -1.18. The predicted octanol–water partition coefficient (Wildman–Crippen LogP) is 2.21. The Balaban J connectivity index is 1.83. The molecule has 2 rings (SSSR count). The van der Waals surface area contributed by atoms with Crippen molar-refractivity contribution in [1.29, 1.82) is 0 Å². The molecule has 7 heteroatoms. The highest BCUT2D eigenvalue weighted by Crippen LogP contribution is 2.30. The van der Waals surface area contributed by atoms with Gasteiger partial charge in [0, 0.05) is 6.54 Å². The molecule has 1 saturated heterocycles. The van der Waals surface area contributed by atoms with Gasteiger partial charge in [0.1, 0.15) is 5.60 Å². The Kier molecular flexibility index (Phi) is 7.43. The highest BCUT2D eigenvalue weighted by atomic mass is 16.7. The van der Waals surface area contributed by atoms with Crippen LogP contribution in [0.3, 0.4) is 0 Å². The van der Waals surface area contributed by atoms with E-state index in [1.54, 1.807) is 25.8 Å². The zero-order valence-corrected chi connectivity index (χ0v) is 16.4. The van der Waals surface area contributed by atoms with E-state index in [0.29, 0.717) is 19.6 Å². The maximum Gasteiger partial charge on any atom is 0.337 e. The second-order valence-corrected chi connectivity index (χ2v) is 8.16. The van der Waals surface area contributed by atoms with Crippen molar-refractivity contribution in [1.82, 2.24) is 5.06 Å². The quantitative estimate of drug-likeness (QED) is 0.717. The summed E-state index contributed by atoms with van der Waals surface area (Å²) in [6.45, 7) is 8.25. The maximum absolute atomic E-state index is 12.2. The summed E-state index contributed by atoms with van der Waals surface area (Å²) in [6.07, 6.45) is 3.39. The first-order valence-electron chi connectivity index (χ1n) is 9.72. The number of esters is 2. The lowest BCUT2D eigenvalue weighted by molar-refractivity contribution is -0.232. The summed E-state index contributed by atoms with van der Waals surface area (Å²) in [5.74, 6) is -0.772. The summed E-state index contributed by atoms with van der Waals surface area (Å²) in [5.41, 5.74) is -0.631. The number of hydrogen-bond donors (Lipinski definition) is 1. The molecule has 1 aliphatic carbocycles. The van der Waals surface area contributed by atoms with E-state index in [4.69, 9.17) is 14.3 Å². The molecule has 2 aliphatic rings. The third-order valence-corrected chi connectivity index (χ3v) is 4.84. The molecule has 1 N–H and O–H groups in total. The predicted molar refractivity (Wildman–Crippen MR) is 95.0 cm³/mol. The molecule has 2 unspecified atom stereocenters. The molecule has 0 amide bonds. The maximum atomic E-state index is 12.2. The Morgan fingerprint density at radius 3 is 2.38 bits per heavy atom. The molecule has 150 valence electrons. The van der Waals surface area contributed by atoms with Gasteiger partial charge in [-0.15, -0.1) is 0 Å². The van der Waals surface area contributed by atoms with E-state index in [1.807, 2.05) is 6.92 Å². The first-order chi connectivity index (χ1) is 12.2. The summed E-state index contributed by atoms with van der Waals surface area (Å²) in [6, 6.07) is -0.382. The first kappa shape index (κ1) is 21.1. The Labute approximate surface area is 155 Å². The molecular formula is C19H33NO6. The molecule has 2 atom stereocenters. The molecule has 0 aromatic heterocycles. The van der Waals surface area contributed by atoms with Crippen LogP contribution in [0.1, 0.15) is 66.2 Å². The summed E-state index contributed by atoms with van der Waals surface area (Å²) in [4.78, 5) is 30.0. The first-order valence-corrected chi connectivity index (χ1v) is 9.72. The number of hydrogen-bond acceptors (Lipinski definition) is 7. The van der Waals surface area contributed by atoms with E-state index in [9.17, 15) is 14.7 Å². The molecule has 1 saturated carbocycles. The summed E-state index contributed by atoms with van der Waals surface area (Å²) in [7, 11) is 0. The summed E-state index contributed by atoms with van der Waals surface area (Å²) in [5, 5.41) is 12.1. The lowest BCUT2D eigenvalue weighted by Crippen LogP contribution is -2.47. The number of aliphatic hydroxyl groups is 1. The number of nitrogens with zero attached hydrogens (tertiary/aromatic N) is 1. The molecule has 0 aromatic rings. The van der Waals surface area contributed by atoms with E-state index in [-0.39, 0.29) is 24.0 Å². The van der Waals surface area contributed by atoms with Crippen LogP contribution in [0.15, 0.2) is 0 Å². The van der Waals surface area contributed by atoms with Crippen molar-refractivity contribution in [3.8, 4) is 0 Å². The van der Waals surface area contributed by atoms with E-state index in [1.165, 1.54) is 0 Å². The number of aliphatic hydroxyl groups excluding tert-OH is 1. The SMILES string of the molecule is CCOC(=O)C1CCC(ON2CCCC2C(O)C(=O)OC(C)(C)C)CC1. The second kappa shape index (κ2) is 9.15. The highest BCUT2D eigenvalue weighted by molar-refractivity contribution is 5.75. The zero-order chi connectivity index (χ0) is 19.3. The molecule has 7 nitrogen and oxygen atoms in total. The van der Waals surface area contributed by atoms with Crippen molar-refractivity contribution in [2.45, 2.75) is 90.1 Å². The third-order valence-electron chi connectivity index (χ3n) is 4.84. The van der Waals surface area contributed by atoms with Crippen LogP contribution in [0, 0.1) is 5.92 Å². The van der Waals surface area contributed by atoms with Crippen LogP contribution in [0.5, 0.6) is 0 Å². The zero-order valence-electron chi connectivity index (χ0n) is 16.4. The lowest BCUT2D eigenvalue weighted by atomic mass is 9.87. The van der Waals surface area contributed by atoms with E-state index >= 15 is 0 Å². The van der Waals surface area contributed by atoms with Gasteiger partial charge in [-0.05, 0) is 66.2 Å². The molecule has 1 aliphatic heterocycles. The van der Waals surface area contributed by atoms with Crippen LogP contribution < -0.4 is 0 Å². The van der Waals surface area contributed by atoms with Crippen molar-refractivity contribution < 1.29 is 29.0 Å². The molecule has 0 spiro atoms. The van der Waals surface area contributed by atoms with Gasteiger partial charge in [0.05, 0.1) is 24.7 Å². The van der Waals surface area contributed by atoms with Gasteiger partial charge < -0.3 is 14.6 Å². The largest absolute Gasteiger partial charge is 0.466 e. The van der Waals surface area contributed by atoms with E-state index < -0.39 is 17.7 Å². The fraction of sp³-hybridized carbons (Fsp3) is 0.895. The van der Waals surface area contributed by atoms with Crippen LogP contribution in [-0.2, 0) is 23.9 Å². The van der Waals surface area contributed by atoms with Gasteiger partial charge in [0.15, 0.2) is 6.10 Å². The van der Waals surface area contributed by atoms with Crippen LogP contribution in [0.4, 0.5) is 0 Å². The summed E-state index contributed by atoms with van der Waals surface area (Å²) < 4.78 is 10.4. The fourth-order valence-corrected chi connectivity index (χ4v) is 3.59. The highest BCUT2D eigenvalue weighted by Gasteiger charge is 2.39. The van der Waals surface area contributed by atoms with Crippen LogP contribution in [0.25, 0.3) is 0 Å². The van der Waals surface area contributed by atoms with Crippen molar-refractivity contribution in [3.63, 3.8) is 0 Å². The monoisotopic (exact) mass is 371 g/mol. The number of hydroxylamine groups is 2. The van der Waals surface area contributed by atoms with Gasteiger partial charge in [-0.2, -0.15) is 5.06 Å². The minimum atomic E-state index is -1.22. The lowest BCUT2D eigenvalue weighted by Gasteiger charge is -2.34. The topological polar surface area (TPSA) is 85.3 Å². The number of ether oxygens (including phenoxy) is 2. The molecule has 0 aromatic carbocycles. The normalized spacial score (nSPS) is 28.6. The van der Waals surface area contributed by atoms with E-state index in [0.717, 1.165) is 32.1 Å². The number of carbonyl (C=O) groups is 2. The Morgan fingerprint density at radius 1 is 1.15 bits per heavy atom. The smallest absolute Gasteiger partial charge is 0.337 e. The second-order valence-electron chi connectivity index (χ2n) is 8.16. The number of rotatable bonds is 6. The average molecular weight is 371 g/mol. The van der Waals surface area contributed by atoms with Crippen molar-refractivity contribution in [2.75, 3.05) is 13.2 Å². The number of carbonyl (C=O) groups excluding carboxylic acids is 2. The van der Waals surface area contributed by atoms with Crippen molar-refractivity contribution >= 4 is 11.9 Å². The van der Waals surface area contributed by atoms with Gasteiger partial charge in [-0.1, -0.05) is 0 Å². The van der Waals surface area contributed by atoms with Gasteiger partial charge in [0.25, 0.3) is 0 Å². The molecule has 0 bridgehead atoms. The van der Waals surface area contributed by atoms with Gasteiger partial charge in [-0.25, -0.2) is 4.79 Å². The summed E-state index contributed by atoms with van der Waals surface area (Å²) >= 11 is 0. The van der Waals surface area contributed by atoms with Crippen LogP contribution in [0.2, 0.25) is 0 Å². The fourth-order valence-electron chi connectivity index (χ4n) is 3.59. The van der Waals surface area contributed by atoms with Crippen molar-refractivity contribution in [2.24, 2.45) is 5.92 Å². The van der Waals surface area contributed by atoms with Crippen LogP contribution >= 0.6 is 0 Å². The third kappa shape index (κ3) is 5.93. The Bertz CT molecular complexity index is 481. The van der Waals surface area contributed by atoms with Gasteiger partial charge >= 0.3 is 11.9 Å². The van der Waals surface area contributed by atoms with Gasteiger partial charge in [-0.3, -0.25) is 9.63 Å². The minimum Gasteiger partial charge on any atom is -0.466 e. The molecular weight excluding hydrogens is 338 g/mol. The molecule has 0 radical (unpaired) electrons.